The zero-order valence-corrected chi connectivity index (χ0v) is 14.6. The number of halogens is 1. The molecule has 1 unspecified atom stereocenters. The maximum absolute atomic E-state index is 11.6. The molecule has 2 aromatic heterocycles. The van der Waals surface area contributed by atoms with Crippen LogP contribution in [0.4, 0.5) is 0 Å². The van der Waals surface area contributed by atoms with Gasteiger partial charge in [-0.15, -0.1) is 0 Å². The van der Waals surface area contributed by atoms with Crippen molar-refractivity contribution in [2.24, 2.45) is 0 Å². The lowest BCUT2D eigenvalue weighted by Gasteiger charge is -2.14. The summed E-state index contributed by atoms with van der Waals surface area (Å²) in [7, 11) is 0.905. The first-order valence-corrected chi connectivity index (χ1v) is 9.30. The molecule has 0 saturated carbocycles. The van der Waals surface area contributed by atoms with Gasteiger partial charge in [-0.25, -0.2) is 0 Å². The van der Waals surface area contributed by atoms with Crippen LogP contribution in [-0.4, -0.2) is 38.3 Å². The molecule has 3 rings (SSSR count). The summed E-state index contributed by atoms with van der Waals surface area (Å²) in [6, 6.07) is 5.30. The lowest BCUT2D eigenvalue weighted by atomic mass is 10.1. The molecule has 0 aliphatic heterocycles. The number of nitrogens with zero attached hydrogens (tertiary/aromatic N) is 1. The highest BCUT2D eigenvalue weighted by Gasteiger charge is 2.19. The Bertz CT molecular complexity index is 878. The zero-order valence-electron chi connectivity index (χ0n) is 12.2. The smallest absolute Gasteiger partial charge is 0.130 e. The summed E-state index contributed by atoms with van der Waals surface area (Å²) in [5, 5.41) is 15.0. The number of hydrogen-bond acceptors (Lipinski definition) is 4. The van der Waals surface area contributed by atoms with Gasteiger partial charge in [0.15, 0.2) is 0 Å². The highest BCUT2D eigenvalue weighted by atomic mass is 79.9. The number of pyridine rings is 1. The van der Waals surface area contributed by atoms with Gasteiger partial charge in [0.05, 0.1) is 21.7 Å². The predicted molar refractivity (Wildman–Crippen MR) is 93.7 cm³/mol. The number of phenolic OH excluding ortho intramolecular Hbond substituents is 1. The van der Waals surface area contributed by atoms with Crippen molar-refractivity contribution in [2.75, 3.05) is 19.1 Å². The molecule has 0 saturated heterocycles. The van der Waals surface area contributed by atoms with Crippen LogP contribution in [0.1, 0.15) is 11.7 Å². The minimum Gasteiger partial charge on any atom is -0.507 e. The monoisotopic (exact) mass is 381 g/mol. The summed E-state index contributed by atoms with van der Waals surface area (Å²) in [6.45, 7) is 0. The maximum atomic E-state index is 11.6. The lowest BCUT2D eigenvalue weighted by molar-refractivity contribution is 0.473. The number of aromatic nitrogens is 2. The first-order valence-electron chi connectivity index (χ1n) is 6.78. The second-order valence-electron chi connectivity index (χ2n) is 5.15. The molecule has 2 heterocycles. The average Bonchev–Trinajstić information content (AvgIpc) is 2.87. The normalized spacial score (nSPS) is 14.5. The number of phenols is 1. The molecule has 5 nitrogen and oxygen atoms in total. The topological polar surface area (TPSA) is 78.0 Å². The van der Waals surface area contributed by atoms with Crippen molar-refractivity contribution >= 4 is 48.5 Å². The number of hydrogen-bond donors (Lipinski definition) is 3. The van der Waals surface area contributed by atoms with Crippen LogP contribution in [0.15, 0.2) is 28.9 Å². The van der Waals surface area contributed by atoms with E-state index in [2.05, 4.69) is 31.2 Å². The molecule has 7 heteroatoms. The first-order chi connectivity index (χ1) is 10.5. The number of aromatic amines is 1. The summed E-state index contributed by atoms with van der Waals surface area (Å²) >= 11 is 3.45. The van der Waals surface area contributed by atoms with E-state index in [0.717, 1.165) is 27.5 Å². The van der Waals surface area contributed by atoms with Gasteiger partial charge in [0, 0.05) is 45.3 Å². The predicted octanol–water partition coefficient (Wildman–Crippen LogP) is 2.82. The van der Waals surface area contributed by atoms with Crippen LogP contribution >= 0.6 is 15.9 Å². The van der Waals surface area contributed by atoms with E-state index in [1.54, 1.807) is 18.5 Å². The van der Waals surface area contributed by atoms with Crippen LogP contribution in [0, 0.1) is 0 Å². The number of rotatable bonds is 4. The first kappa shape index (κ1) is 15.5. The second-order valence-corrected chi connectivity index (χ2v) is 7.42. The number of benzene rings is 1. The van der Waals surface area contributed by atoms with Gasteiger partial charge in [0.2, 0.25) is 0 Å². The van der Waals surface area contributed by atoms with Crippen molar-refractivity contribution in [2.45, 2.75) is 6.04 Å². The third kappa shape index (κ3) is 2.53. The summed E-state index contributed by atoms with van der Waals surface area (Å²) in [4.78, 5) is 7.83. The number of nitrogens with one attached hydrogen (secondary N) is 2. The number of aromatic hydroxyl groups is 1. The molecule has 0 aliphatic carbocycles. The fourth-order valence-corrected chi connectivity index (χ4v) is 4.04. The van der Waals surface area contributed by atoms with Gasteiger partial charge in [-0.2, -0.15) is 0 Å². The van der Waals surface area contributed by atoms with E-state index in [1.807, 2.05) is 19.2 Å². The Hall–Kier alpha value is -1.44. The molecule has 0 bridgehead atoms. The lowest BCUT2D eigenvalue weighted by Crippen LogP contribution is -2.23. The molecule has 0 amide bonds. The van der Waals surface area contributed by atoms with Gasteiger partial charge in [-0.3, -0.25) is 9.19 Å². The molecule has 3 N–H and O–H groups in total. The molecule has 22 heavy (non-hydrogen) atoms. The van der Waals surface area contributed by atoms with Crippen LogP contribution in [0.25, 0.3) is 21.8 Å². The minimum absolute atomic E-state index is 0.102. The van der Waals surface area contributed by atoms with Crippen molar-refractivity contribution in [3.63, 3.8) is 0 Å². The summed E-state index contributed by atoms with van der Waals surface area (Å²) in [6.07, 6.45) is 3.43. The van der Waals surface area contributed by atoms with E-state index in [9.17, 15) is 9.32 Å². The molecule has 2 atom stereocenters. The Labute approximate surface area is 138 Å². The molecule has 0 aliphatic rings. The zero-order chi connectivity index (χ0) is 15.9. The van der Waals surface area contributed by atoms with Crippen molar-refractivity contribution in [3.05, 3.63) is 34.6 Å². The van der Waals surface area contributed by atoms with Crippen LogP contribution in [0.5, 0.6) is 5.75 Å². The Morgan fingerprint density at radius 1 is 1.45 bits per heavy atom. The Morgan fingerprint density at radius 3 is 2.91 bits per heavy atom. The third-order valence-corrected chi connectivity index (χ3v) is 5.32. The van der Waals surface area contributed by atoms with Crippen LogP contribution in [0.2, 0.25) is 0 Å². The van der Waals surface area contributed by atoms with E-state index in [-0.39, 0.29) is 11.8 Å². The third-order valence-electron chi connectivity index (χ3n) is 3.71. The molecule has 0 spiro atoms. The van der Waals surface area contributed by atoms with Crippen LogP contribution in [-0.2, 0) is 10.8 Å². The molecular weight excluding hydrogens is 366 g/mol. The van der Waals surface area contributed by atoms with E-state index in [0.29, 0.717) is 10.2 Å². The van der Waals surface area contributed by atoms with Gasteiger partial charge in [0.1, 0.15) is 5.75 Å². The summed E-state index contributed by atoms with van der Waals surface area (Å²) < 4.78 is 12.2. The fraction of sp³-hybridized carbons (Fsp3) is 0.267. The largest absolute Gasteiger partial charge is 0.507 e. The number of H-pyrrole nitrogens is 1. The van der Waals surface area contributed by atoms with Crippen molar-refractivity contribution in [1.29, 1.82) is 0 Å². The SMILES string of the molecule is CN[C@H](CS(C)=O)c1nccc2c1[nH]c1ccc(O)c(Br)c12. The molecule has 0 radical (unpaired) electrons. The van der Waals surface area contributed by atoms with Crippen molar-refractivity contribution in [3.8, 4) is 5.75 Å². The molecule has 1 aromatic carbocycles. The van der Waals surface area contributed by atoms with Gasteiger partial charge < -0.3 is 15.4 Å². The minimum atomic E-state index is -0.930. The standard InChI is InChI=1S/C15H16BrN3O2S/c1-17-10(7-22(2)21)15-14-8(5-6-18-15)12-9(19-14)3-4-11(20)13(12)16/h3-6,10,17,19-20H,7H2,1-2H3/t10-,22?/m1/s1. The van der Waals surface area contributed by atoms with Crippen molar-refractivity contribution in [1.82, 2.24) is 15.3 Å². The van der Waals surface area contributed by atoms with Crippen LogP contribution in [0.3, 0.4) is 0 Å². The molecule has 0 fully saturated rings. The van der Waals surface area contributed by atoms with Gasteiger partial charge >= 0.3 is 0 Å². The Morgan fingerprint density at radius 2 is 2.23 bits per heavy atom. The van der Waals surface area contributed by atoms with E-state index in [4.69, 9.17) is 0 Å². The van der Waals surface area contributed by atoms with E-state index < -0.39 is 10.8 Å². The Balaban J connectivity index is 2.29. The Kier molecular flexibility index (Phi) is 4.20. The highest BCUT2D eigenvalue weighted by Crippen LogP contribution is 2.38. The van der Waals surface area contributed by atoms with Crippen LogP contribution < -0.4 is 5.32 Å². The van der Waals surface area contributed by atoms with Crippen molar-refractivity contribution < 1.29 is 9.32 Å². The molecule has 116 valence electrons. The maximum Gasteiger partial charge on any atom is 0.130 e. The second kappa shape index (κ2) is 5.98. The highest BCUT2D eigenvalue weighted by molar-refractivity contribution is 9.10. The quantitative estimate of drug-likeness (QED) is 0.649. The van der Waals surface area contributed by atoms with E-state index >= 15 is 0 Å². The van der Waals surface area contributed by atoms with Gasteiger partial charge in [-0.1, -0.05) is 0 Å². The van der Waals surface area contributed by atoms with Gasteiger partial charge in [-0.05, 0) is 41.2 Å². The average molecular weight is 382 g/mol. The fourth-order valence-electron chi connectivity index (χ4n) is 2.68. The summed E-state index contributed by atoms with van der Waals surface area (Å²) in [5.41, 5.74) is 2.65. The van der Waals surface area contributed by atoms with E-state index in [1.165, 1.54) is 0 Å². The number of fused-ring (bicyclic) bond motifs is 3. The summed E-state index contributed by atoms with van der Waals surface area (Å²) in [5.74, 6) is 0.691. The molecular formula is C15H16BrN3O2S. The molecule has 3 aromatic rings. The van der Waals surface area contributed by atoms with Gasteiger partial charge in [0.25, 0.3) is 0 Å².